The Kier molecular flexibility index (Phi) is 21.6. The molecule has 0 aliphatic carbocycles. The molecule has 0 saturated carbocycles. The summed E-state index contributed by atoms with van der Waals surface area (Å²) in [6.07, 6.45) is 14.3. The largest absolute Gasteiger partial charge is 0.265 e. The summed E-state index contributed by atoms with van der Waals surface area (Å²) in [5.41, 5.74) is 22.0. The van der Waals surface area contributed by atoms with Crippen molar-refractivity contribution in [1.29, 1.82) is 0 Å². The quantitative estimate of drug-likeness (QED) is 0.155. The predicted octanol–water partition coefficient (Wildman–Crippen LogP) is 23.6. The molecule has 0 amide bonds. The molecule has 94 heavy (non-hydrogen) atoms. The van der Waals surface area contributed by atoms with Gasteiger partial charge in [-0.3, -0.25) is 15.0 Å². The zero-order chi connectivity index (χ0) is 64.9. The number of aromatic nitrogens is 5. The lowest BCUT2D eigenvalue weighted by Crippen LogP contribution is -1.86. The first kappa shape index (κ1) is 63.8. The van der Waals surface area contributed by atoms with E-state index in [4.69, 9.17) is 0 Å². The number of hydrogen-bond donors (Lipinski definition) is 0. The van der Waals surface area contributed by atoms with Gasteiger partial charge in [0.1, 0.15) is 6.33 Å². The van der Waals surface area contributed by atoms with Gasteiger partial charge in [0.15, 0.2) is 0 Å². The summed E-state index contributed by atoms with van der Waals surface area (Å²) in [7, 11) is 0. The molecule has 0 saturated heterocycles. The molecule has 5 nitrogen and oxygen atoms in total. The van der Waals surface area contributed by atoms with Crippen molar-refractivity contribution in [3.8, 4) is 66.9 Å². The minimum Gasteiger partial charge on any atom is -0.265 e. The minimum absolute atomic E-state index is 1.02. The molecule has 456 valence electrons. The normalized spacial score (nSPS) is 10.4. The summed E-state index contributed by atoms with van der Waals surface area (Å²) < 4.78 is 0. The van der Waals surface area contributed by atoms with E-state index in [-0.39, 0.29) is 0 Å². The van der Waals surface area contributed by atoms with Gasteiger partial charge in [0, 0.05) is 54.5 Å². The molecule has 0 unspecified atom stereocenters. The highest BCUT2D eigenvalue weighted by molar-refractivity contribution is 6.25. The number of nitrogens with zero attached hydrogens (tertiary/aromatic N) is 5. The third kappa shape index (κ3) is 17.0. The van der Waals surface area contributed by atoms with E-state index in [1.54, 1.807) is 18.6 Å². The molecule has 16 rings (SSSR count). The fourth-order valence-corrected chi connectivity index (χ4v) is 11.6. The summed E-state index contributed by atoms with van der Waals surface area (Å²) in [6.45, 7) is 12.6. The number of rotatable bonds is 6. The highest BCUT2D eigenvalue weighted by Gasteiger charge is 2.09. The molecule has 4 heterocycles. The molecule has 5 heteroatoms. The molecular weight excluding hydrogens is 1140 g/mol. The molecule has 0 N–H and O–H groups in total. The molecule has 0 atom stereocenters. The lowest BCUT2D eigenvalue weighted by molar-refractivity contribution is 1.13. The minimum atomic E-state index is 1.02. The summed E-state index contributed by atoms with van der Waals surface area (Å²) in [5.74, 6) is 0. The van der Waals surface area contributed by atoms with Gasteiger partial charge in [-0.2, -0.15) is 0 Å². The summed E-state index contributed by atoms with van der Waals surface area (Å²) in [6, 6.07) is 104. The van der Waals surface area contributed by atoms with Crippen LogP contribution in [0.25, 0.3) is 110 Å². The van der Waals surface area contributed by atoms with Gasteiger partial charge in [0.2, 0.25) is 0 Å². The summed E-state index contributed by atoms with van der Waals surface area (Å²) in [4.78, 5) is 20.2. The van der Waals surface area contributed by atoms with Crippen molar-refractivity contribution in [1.82, 2.24) is 24.9 Å². The first-order valence-electron chi connectivity index (χ1n) is 31.8. The fourth-order valence-electron chi connectivity index (χ4n) is 11.6. The number of benzene rings is 12. The maximum absolute atomic E-state index is 4.42. The molecule has 12 aromatic carbocycles. The lowest BCUT2D eigenvalue weighted by atomic mass is 9.93. The second-order valence-corrected chi connectivity index (χ2v) is 23.4. The zero-order valence-corrected chi connectivity index (χ0v) is 54.1. The van der Waals surface area contributed by atoms with Crippen LogP contribution in [-0.2, 0) is 0 Å². The smallest absolute Gasteiger partial charge is 0.115 e. The van der Waals surface area contributed by atoms with Gasteiger partial charge in [-0.25, -0.2) is 9.97 Å². The van der Waals surface area contributed by atoms with Gasteiger partial charge >= 0.3 is 0 Å². The second-order valence-electron chi connectivity index (χ2n) is 23.4. The SMILES string of the molecule is Cc1cc(-c2ccccc2)cc(-c2ccccn2)c1.Cc1cc(-c2ccccc2)cc(-c2cccnc2)c1.Cc1cc(-c2ccccc2)cc(-c2ccncc2)c1.Cc1ccc2c3ccccc3c3ccccc3c2c1.Cc1cccc2ccccc12.Cc1cncnc1. The van der Waals surface area contributed by atoms with Gasteiger partial charge in [-0.15, -0.1) is 0 Å². The second kappa shape index (κ2) is 31.8. The third-order valence-corrected chi connectivity index (χ3v) is 16.1. The molecule has 0 aliphatic heterocycles. The maximum Gasteiger partial charge on any atom is 0.115 e. The molecule has 4 aromatic heterocycles. The lowest BCUT2D eigenvalue weighted by Gasteiger charge is -2.10. The van der Waals surface area contributed by atoms with Crippen molar-refractivity contribution in [2.75, 3.05) is 0 Å². The Bertz CT molecular complexity index is 4540. The fraction of sp³-hybridized carbons (Fsp3) is 0.0674. The predicted molar refractivity (Wildman–Crippen MR) is 399 cm³/mol. The van der Waals surface area contributed by atoms with Crippen LogP contribution in [0.15, 0.2) is 347 Å². The first-order valence-corrected chi connectivity index (χ1v) is 31.8. The van der Waals surface area contributed by atoms with E-state index in [0.29, 0.717) is 0 Å². The number of pyridine rings is 3. The zero-order valence-electron chi connectivity index (χ0n) is 54.1. The Morgan fingerprint density at radius 1 is 0.202 bits per heavy atom. The van der Waals surface area contributed by atoms with Crippen LogP contribution >= 0.6 is 0 Å². The van der Waals surface area contributed by atoms with Crippen LogP contribution in [0.1, 0.15) is 33.4 Å². The van der Waals surface area contributed by atoms with Gasteiger partial charge < -0.3 is 0 Å². The van der Waals surface area contributed by atoms with Crippen LogP contribution in [0.3, 0.4) is 0 Å². The molecule has 0 radical (unpaired) electrons. The number of hydrogen-bond acceptors (Lipinski definition) is 5. The van der Waals surface area contributed by atoms with E-state index in [1.807, 2.05) is 86.3 Å². The van der Waals surface area contributed by atoms with Crippen molar-refractivity contribution >= 4 is 43.1 Å². The number of aryl methyl sites for hydroxylation is 6. The molecule has 16 aromatic rings. The highest BCUT2D eigenvalue weighted by Crippen LogP contribution is 2.36. The first-order chi connectivity index (χ1) is 46.1. The van der Waals surface area contributed by atoms with Crippen LogP contribution in [0.2, 0.25) is 0 Å². The van der Waals surface area contributed by atoms with Crippen LogP contribution < -0.4 is 0 Å². The number of fused-ring (bicyclic) bond motifs is 7. The maximum atomic E-state index is 4.42. The van der Waals surface area contributed by atoms with Crippen LogP contribution in [0, 0.1) is 41.5 Å². The topological polar surface area (TPSA) is 64.5 Å². The Morgan fingerprint density at radius 3 is 1.09 bits per heavy atom. The molecular formula is C89H75N5. The van der Waals surface area contributed by atoms with Crippen molar-refractivity contribution in [3.63, 3.8) is 0 Å². The Morgan fingerprint density at radius 2 is 0.617 bits per heavy atom. The molecule has 0 aliphatic rings. The Hall–Kier alpha value is -11.8. The highest BCUT2D eigenvalue weighted by atomic mass is 14.8. The standard InChI is InChI=1S/C19H14.3C18H15N.C11H10.C5H6N2/c1-13-10-11-18-16-8-3-2-6-14(16)15-7-4-5-9-17(15)19(18)12-13;1-14-11-16(15-7-3-2-4-8-15)13-17(12-14)18-9-5-6-10-19-18;1-14-10-17(15-6-3-2-4-7-15)12-18(11-14)16-8-5-9-19-13-16;1-14-11-17(15-5-3-2-4-6-15)13-18(12-14)16-7-9-19-10-8-16;1-9-5-4-7-10-6-2-3-8-11(9)10;1-5-2-6-4-7-3-5/h2-12H,1H3;3*2-13H,1H3;2-8H,1H3;2-4H,1H3. The van der Waals surface area contributed by atoms with E-state index in [9.17, 15) is 0 Å². The summed E-state index contributed by atoms with van der Waals surface area (Å²) >= 11 is 0. The van der Waals surface area contributed by atoms with Crippen LogP contribution in [-0.4, -0.2) is 24.9 Å². The van der Waals surface area contributed by atoms with Gasteiger partial charge in [0.05, 0.1) is 5.69 Å². The van der Waals surface area contributed by atoms with Crippen LogP contribution in [0.4, 0.5) is 0 Å². The molecule has 0 fully saturated rings. The van der Waals surface area contributed by atoms with E-state index < -0.39 is 0 Å². The Labute approximate surface area is 553 Å². The molecule has 0 spiro atoms. The monoisotopic (exact) mass is 1210 g/mol. The van der Waals surface area contributed by atoms with Crippen molar-refractivity contribution in [2.45, 2.75) is 41.5 Å². The van der Waals surface area contributed by atoms with Crippen molar-refractivity contribution in [2.24, 2.45) is 0 Å². The van der Waals surface area contributed by atoms with Crippen LogP contribution in [0.5, 0.6) is 0 Å². The molecule has 0 bridgehead atoms. The van der Waals surface area contributed by atoms with E-state index in [1.165, 1.54) is 133 Å². The van der Waals surface area contributed by atoms with E-state index in [2.05, 4.69) is 302 Å². The average molecular weight is 1210 g/mol. The van der Waals surface area contributed by atoms with Gasteiger partial charge in [-0.05, 0) is 217 Å². The van der Waals surface area contributed by atoms with E-state index in [0.717, 1.165) is 16.8 Å². The van der Waals surface area contributed by atoms with Gasteiger partial charge in [0.25, 0.3) is 0 Å². The summed E-state index contributed by atoms with van der Waals surface area (Å²) in [5, 5.41) is 10.8. The van der Waals surface area contributed by atoms with E-state index >= 15 is 0 Å². The van der Waals surface area contributed by atoms with Crippen molar-refractivity contribution < 1.29 is 0 Å². The Balaban J connectivity index is 0.000000118. The van der Waals surface area contributed by atoms with Gasteiger partial charge in [-0.1, -0.05) is 248 Å². The van der Waals surface area contributed by atoms with Crippen molar-refractivity contribution in [3.05, 3.63) is 380 Å². The third-order valence-electron chi connectivity index (χ3n) is 16.1. The average Bonchev–Trinajstić information content (AvgIpc) is 0.759.